The maximum Gasteiger partial charge on any atom is 0.240 e. The van der Waals surface area contributed by atoms with Crippen molar-refractivity contribution in [2.45, 2.75) is 63.9 Å². The number of ether oxygens (including phenoxy) is 1. The molecule has 30 heavy (non-hydrogen) atoms. The van der Waals surface area contributed by atoms with Crippen molar-refractivity contribution in [2.75, 3.05) is 6.54 Å². The van der Waals surface area contributed by atoms with Crippen LogP contribution in [0.4, 0.5) is 0 Å². The summed E-state index contributed by atoms with van der Waals surface area (Å²) in [6, 6.07) is 6.22. The van der Waals surface area contributed by atoms with Gasteiger partial charge in [0.2, 0.25) is 18.2 Å². The van der Waals surface area contributed by atoms with Gasteiger partial charge in [0.15, 0.2) is 6.23 Å². The van der Waals surface area contributed by atoms with Gasteiger partial charge in [0.25, 0.3) is 0 Å². The van der Waals surface area contributed by atoms with Crippen LogP contribution in [-0.2, 0) is 25.5 Å². The highest BCUT2D eigenvalue weighted by Gasteiger charge is 2.37. The van der Waals surface area contributed by atoms with Gasteiger partial charge in [-0.15, -0.1) is 0 Å². The molecule has 10 nitrogen and oxygen atoms in total. The average molecular weight is 416 g/mol. The molecule has 10 heteroatoms. The highest BCUT2D eigenvalue weighted by Crippen LogP contribution is 2.24. The second-order valence-electron chi connectivity index (χ2n) is 8.20. The molecule has 2 rings (SSSR count). The Hall–Kier alpha value is -3.10. The highest BCUT2D eigenvalue weighted by molar-refractivity contribution is 5.87. The van der Waals surface area contributed by atoms with Crippen molar-refractivity contribution in [3.8, 4) is 0 Å². The molecule has 0 aliphatic carbocycles. The number of rotatable bonds is 9. The summed E-state index contributed by atoms with van der Waals surface area (Å²) < 4.78 is 5.85. The van der Waals surface area contributed by atoms with Crippen LogP contribution >= 0.6 is 0 Å². The second kappa shape index (κ2) is 10.1. The smallest absolute Gasteiger partial charge is 0.240 e. The van der Waals surface area contributed by atoms with Crippen molar-refractivity contribution >= 4 is 18.2 Å². The lowest BCUT2D eigenvalue weighted by Gasteiger charge is -2.27. The number of hydrogen-bond acceptors (Lipinski definition) is 5. The molecule has 1 aromatic carbocycles. The molecule has 3 N–H and O–H groups in total. The van der Waals surface area contributed by atoms with E-state index >= 15 is 0 Å². The van der Waals surface area contributed by atoms with Gasteiger partial charge in [0.1, 0.15) is 6.04 Å². The quantitative estimate of drug-likeness (QED) is 0.208. The van der Waals surface area contributed by atoms with E-state index in [2.05, 4.69) is 15.3 Å². The maximum absolute atomic E-state index is 12.6. The molecule has 1 heterocycles. The molecule has 3 amide bonds. The molecule has 1 aliphatic rings. The van der Waals surface area contributed by atoms with Crippen LogP contribution in [0.15, 0.2) is 29.4 Å². The lowest BCUT2D eigenvalue weighted by atomic mass is 10.1. The molecule has 0 radical (unpaired) electrons. The summed E-state index contributed by atoms with van der Waals surface area (Å²) >= 11 is 0. The van der Waals surface area contributed by atoms with E-state index in [-0.39, 0.29) is 25.3 Å². The van der Waals surface area contributed by atoms with Crippen LogP contribution < -0.4 is 11.1 Å². The van der Waals surface area contributed by atoms with Gasteiger partial charge >= 0.3 is 0 Å². The van der Waals surface area contributed by atoms with E-state index in [4.69, 9.17) is 16.0 Å². The van der Waals surface area contributed by atoms with Crippen molar-refractivity contribution in [3.63, 3.8) is 0 Å². The third-order valence-corrected chi connectivity index (χ3v) is 4.74. The van der Waals surface area contributed by atoms with Crippen LogP contribution in [0, 0.1) is 0 Å². The Kier molecular flexibility index (Phi) is 7.79. The fourth-order valence-corrected chi connectivity index (χ4v) is 3.38. The average Bonchev–Trinajstić information content (AvgIpc) is 3.10. The number of nitrogens with zero attached hydrogens (tertiary/aromatic N) is 4. The number of nitrogens with one attached hydrogen (secondary N) is 1. The van der Waals surface area contributed by atoms with E-state index in [1.165, 1.54) is 4.90 Å². The van der Waals surface area contributed by atoms with Crippen LogP contribution in [0.1, 0.15) is 51.0 Å². The third-order valence-electron chi connectivity index (χ3n) is 4.74. The predicted molar refractivity (Wildman–Crippen MR) is 110 cm³/mol. The van der Waals surface area contributed by atoms with E-state index in [9.17, 15) is 14.4 Å². The van der Waals surface area contributed by atoms with Crippen LogP contribution in [-0.4, -0.2) is 47.4 Å². The zero-order chi connectivity index (χ0) is 22.3. The molecule has 0 saturated carbocycles. The molecule has 1 aliphatic heterocycles. The summed E-state index contributed by atoms with van der Waals surface area (Å²) in [5.41, 5.74) is 15.3. The van der Waals surface area contributed by atoms with Gasteiger partial charge in [-0.2, -0.15) is 0 Å². The summed E-state index contributed by atoms with van der Waals surface area (Å²) in [4.78, 5) is 39.3. The fraction of sp³-hybridized carbons (Fsp3) is 0.550. The lowest BCUT2D eigenvalue weighted by Crippen LogP contribution is -2.43. The third kappa shape index (κ3) is 6.47. The summed E-state index contributed by atoms with van der Waals surface area (Å²) in [7, 11) is 0. The number of azide groups is 1. The van der Waals surface area contributed by atoms with E-state index in [1.807, 2.05) is 45.0 Å². The van der Waals surface area contributed by atoms with Crippen LogP contribution in [0.5, 0.6) is 0 Å². The number of primary amides is 1. The van der Waals surface area contributed by atoms with Crippen molar-refractivity contribution in [3.05, 3.63) is 45.8 Å². The Morgan fingerprint density at radius 1 is 1.40 bits per heavy atom. The van der Waals surface area contributed by atoms with E-state index < -0.39 is 29.8 Å². The van der Waals surface area contributed by atoms with E-state index in [1.54, 1.807) is 0 Å². The number of carbonyl (C=O) groups is 3. The van der Waals surface area contributed by atoms with Gasteiger partial charge in [-0.3, -0.25) is 14.4 Å². The number of nitrogens with two attached hydrogens (primary N) is 1. The van der Waals surface area contributed by atoms with Crippen molar-refractivity contribution in [2.24, 2.45) is 10.8 Å². The molecule has 0 spiro atoms. The van der Waals surface area contributed by atoms with Gasteiger partial charge in [-0.25, -0.2) is 0 Å². The van der Waals surface area contributed by atoms with E-state index in [0.29, 0.717) is 12.8 Å². The summed E-state index contributed by atoms with van der Waals surface area (Å²) in [5.74, 6) is -0.814. The molecule has 1 saturated heterocycles. The Morgan fingerprint density at radius 3 is 2.60 bits per heavy atom. The minimum absolute atomic E-state index is 0.193. The minimum atomic E-state index is -0.750. The van der Waals surface area contributed by atoms with Crippen molar-refractivity contribution in [1.29, 1.82) is 0 Å². The van der Waals surface area contributed by atoms with Gasteiger partial charge < -0.3 is 20.7 Å². The Bertz CT molecular complexity index is 814. The van der Waals surface area contributed by atoms with Gasteiger partial charge in [0.05, 0.1) is 11.6 Å². The first kappa shape index (κ1) is 23.2. The fourth-order valence-electron chi connectivity index (χ4n) is 3.38. The molecule has 0 bridgehead atoms. The molecular formula is C20H28N6O4. The van der Waals surface area contributed by atoms with Gasteiger partial charge in [0, 0.05) is 23.4 Å². The number of benzene rings is 1. The standard InChI is InChI=1S/C20H28N6O4/c1-20(2,3)30-19(23-12-27)14-7-4-13(5-8-14)6-9-17(28)26-11-15(24-25-22)10-16(26)18(21)29/h4-5,7-8,12,15-16,19H,6,9-11H2,1-3H3,(H2,21,29)(H,23,27)/t15?,16-,19?/m0/s1. The Morgan fingerprint density at radius 2 is 2.07 bits per heavy atom. The molecule has 3 atom stereocenters. The lowest BCUT2D eigenvalue weighted by molar-refractivity contribution is -0.137. The minimum Gasteiger partial charge on any atom is -0.368 e. The Balaban J connectivity index is 2.00. The topological polar surface area (TPSA) is 150 Å². The van der Waals surface area contributed by atoms with Crippen molar-refractivity contribution < 1.29 is 19.1 Å². The number of amides is 3. The maximum atomic E-state index is 12.6. The second-order valence-corrected chi connectivity index (χ2v) is 8.20. The van der Waals surface area contributed by atoms with Crippen LogP contribution in [0.2, 0.25) is 0 Å². The molecule has 162 valence electrons. The zero-order valence-electron chi connectivity index (χ0n) is 17.4. The van der Waals surface area contributed by atoms with Crippen LogP contribution in [0.25, 0.3) is 10.4 Å². The summed E-state index contributed by atoms with van der Waals surface area (Å²) in [6.45, 7) is 5.89. The Labute approximate surface area is 175 Å². The first-order valence-corrected chi connectivity index (χ1v) is 9.74. The van der Waals surface area contributed by atoms with Gasteiger partial charge in [-0.1, -0.05) is 29.4 Å². The molecule has 1 fully saturated rings. The number of carbonyl (C=O) groups excluding carboxylic acids is 3. The number of aryl methyl sites for hydroxylation is 1. The van der Waals surface area contributed by atoms with Gasteiger partial charge in [-0.05, 0) is 44.7 Å². The SMILES string of the molecule is CC(C)(C)OC(NC=O)c1ccc(CCC(=O)N2CC(N=[N+]=[N-])C[C@H]2C(N)=O)cc1. The largest absolute Gasteiger partial charge is 0.368 e. The van der Waals surface area contributed by atoms with Crippen LogP contribution in [0.3, 0.4) is 0 Å². The van der Waals surface area contributed by atoms with E-state index in [0.717, 1.165) is 11.1 Å². The summed E-state index contributed by atoms with van der Waals surface area (Å²) in [6.07, 6.45) is 0.938. The number of hydrogen-bond donors (Lipinski definition) is 2. The first-order valence-electron chi connectivity index (χ1n) is 9.74. The zero-order valence-corrected chi connectivity index (χ0v) is 17.4. The predicted octanol–water partition coefficient (Wildman–Crippen LogP) is 1.94. The molecule has 2 unspecified atom stereocenters. The molecule has 1 aromatic rings. The molecule has 0 aromatic heterocycles. The first-order chi connectivity index (χ1) is 14.1. The monoisotopic (exact) mass is 416 g/mol. The normalized spacial score (nSPS) is 19.6. The molecular weight excluding hydrogens is 388 g/mol. The number of likely N-dealkylation sites (tertiary alicyclic amines) is 1. The summed E-state index contributed by atoms with van der Waals surface area (Å²) in [5, 5.41) is 6.26. The highest BCUT2D eigenvalue weighted by atomic mass is 16.5. The van der Waals surface area contributed by atoms with Crippen molar-refractivity contribution in [1.82, 2.24) is 10.2 Å².